The Hall–Kier alpha value is -2.66. The van der Waals surface area contributed by atoms with Crippen molar-refractivity contribution in [1.29, 1.82) is 0 Å². The van der Waals surface area contributed by atoms with Crippen molar-refractivity contribution in [2.75, 3.05) is 0 Å². The number of imidazole rings is 1. The molecule has 0 saturated carbocycles. The van der Waals surface area contributed by atoms with Crippen molar-refractivity contribution in [2.24, 2.45) is 0 Å². The molecular weight excluding hydrogens is 286 g/mol. The molecule has 0 radical (unpaired) electrons. The van der Waals surface area contributed by atoms with Crippen LogP contribution in [0, 0.1) is 0 Å². The van der Waals surface area contributed by atoms with Gasteiger partial charge in [0.25, 0.3) is 0 Å². The molecule has 0 atom stereocenters. The number of nitrogens with one attached hydrogen (secondary N) is 1. The van der Waals surface area contributed by atoms with Gasteiger partial charge in [-0.25, -0.2) is 4.98 Å². The van der Waals surface area contributed by atoms with Gasteiger partial charge in [0.15, 0.2) is 0 Å². The van der Waals surface area contributed by atoms with Gasteiger partial charge in [-0.1, -0.05) is 29.8 Å². The fraction of sp³-hybridized carbons (Fsp3) is 0. The number of halogens is 1. The second-order valence-corrected chi connectivity index (χ2v) is 5.04. The average molecular weight is 296 g/mol. The molecule has 0 saturated heterocycles. The SMILES string of the molecule is Clc1ccc(-c2nc3ccccn3c2-c2cn[nH]n2)cc1. The number of hydrogen-bond acceptors (Lipinski definition) is 3. The molecule has 3 aromatic heterocycles. The Morgan fingerprint density at radius 2 is 1.90 bits per heavy atom. The van der Waals surface area contributed by atoms with E-state index in [4.69, 9.17) is 16.6 Å². The molecule has 0 spiro atoms. The van der Waals surface area contributed by atoms with Crippen molar-refractivity contribution in [3.05, 3.63) is 59.9 Å². The first-order valence-electron chi connectivity index (χ1n) is 6.42. The van der Waals surface area contributed by atoms with Gasteiger partial charge < -0.3 is 0 Å². The predicted octanol–water partition coefficient (Wildman–Crippen LogP) is 3.44. The second-order valence-electron chi connectivity index (χ2n) is 4.60. The molecule has 5 nitrogen and oxygen atoms in total. The Morgan fingerprint density at radius 3 is 2.67 bits per heavy atom. The van der Waals surface area contributed by atoms with Crippen molar-refractivity contribution in [2.45, 2.75) is 0 Å². The molecule has 0 bridgehead atoms. The zero-order chi connectivity index (χ0) is 14.2. The van der Waals surface area contributed by atoms with Crippen LogP contribution >= 0.6 is 11.6 Å². The molecule has 0 amide bonds. The molecular formula is C15H10ClN5. The van der Waals surface area contributed by atoms with Crippen LogP contribution in [0.4, 0.5) is 0 Å². The molecule has 0 aliphatic rings. The Morgan fingerprint density at radius 1 is 1.05 bits per heavy atom. The highest BCUT2D eigenvalue weighted by Crippen LogP contribution is 2.31. The van der Waals surface area contributed by atoms with Crippen molar-refractivity contribution < 1.29 is 0 Å². The number of hydrogen-bond donors (Lipinski definition) is 1. The molecule has 0 fully saturated rings. The fourth-order valence-corrected chi connectivity index (χ4v) is 2.49. The summed E-state index contributed by atoms with van der Waals surface area (Å²) in [5.74, 6) is 0. The van der Waals surface area contributed by atoms with E-state index in [1.807, 2.05) is 53.1 Å². The normalized spacial score (nSPS) is 11.1. The maximum atomic E-state index is 5.96. The van der Waals surface area contributed by atoms with E-state index < -0.39 is 0 Å². The molecule has 102 valence electrons. The summed E-state index contributed by atoms with van der Waals surface area (Å²) in [7, 11) is 0. The number of fused-ring (bicyclic) bond motifs is 1. The standard InChI is InChI=1S/C15H10ClN5/c16-11-6-4-10(5-7-11)14-15(12-9-17-20-19-12)21-8-2-1-3-13(21)18-14/h1-9H,(H,17,19,20). The Balaban J connectivity index is 2.04. The van der Waals surface area contributed by atoms with E-state index >= 15 is 0 Å². The monoisotopic (exact) mass is 295 g/mol. The van der Waals surface area contributed by atoms with Crippen LogP contribution in [0.5, 0.6) is 0 Å². The number of pyridine rings is 1. The molecule has 0 aliphatic heterocycles. The summed E-state index contributed by atoms with van der Waals surface area (Å²) in [6.07, 6.45) is 3.65. The minimum absolute atomic E-state index is 0.700. The van der Waals surface area contributed by atoms with Crippen LogP contribution in [-0.4, -0.2) is 24.8 Å². The van der Waals surface area contributed by atoms with E-state index in [1.165, 1.54) is 0 Å². The van der Waals surface area contributed by atoms with Crippen LogP contribution in [0.25, 0.3) is 28.3 Å². The molecule has 6 heteroatoms. The van der Waals surface area contributed by atoms with Gasteiger partial charge in [-0.15, -0.1) is 0 Å². The van der Waals surface area contributed by atoms with Crippen molar-refractivity contribution in [3.8, 4) is 22.6 Å². The Kier molecular flexibility index (Phi) is 2.72. The maximum absolute atomic E-state index is 5.96. The van der Waals surface area contributed by atoms with Crippen LogP contribution < -0.4 is 0 Å². The predicted molar refractivity (Wildman–Crippen MR) is 81.0 cm³/mol. The molecule has 3 heterocycles. The quantitative estimate of drug-likeness (QED) is 0.616. The topological polar surface area (TPSA) is 58.9 Å². The lowest BCUT2D eigenvalue weighted by molar-refractivity contribution is 0.940. The van der Waals surface area contributed by atoms with Crippen LogP contribution in [0.3, 0.4) is 0 Å². The van der Waals surface area contributed by atoms with E-state index in [1.54, 1.807) is 6.20 Å². The molecule has 0 aliphatic carbocycles. The minimum Gasteiger partial charge on any atom is -0.298 e. The van der Waals surface area contributed by atoms with Gasteiger partial charge in [0.2, 0.25) is 0 Å². The smallest absolute Gasteiger partial charge is 0.137 e. The van der Waals surface area contributed by atoms with E-state index in [2.05, 4.69) is 15.4 Å². The molecule has 21 heavy (non-hydrogen) atoms. The molecule has 1 aromatic carbocycles. The lowest BCUT2D eigenvalue weighted by Crippen LogP contribution is -1.89. The summed E-state index contributed by atoms with van der Waals surface area (Å²) in [4.78, 5) is 4.71. The summed E-state index contributed by atoms with van der Waals surface area (Å²) in [5.41, 5.74) is 4.36. The molecule has 0 unspecified atom stereocenters. The van der Waals surface area contributed by atoms with E-state index in [9.17, 15) is 0 Å². The third kappa shape index (κ3) is 1.98. The van der Waals surface area contributed by atoms with E-state index in [0.717, 1.165) is 28.3 Å². The van der Waals surface area contributed by atoms with Gasteiger partial charge >= 0.3 is 0 Å². The molecule has 4 rings (SSSR count). The summed E-state index contributed by atoms with van der Waals surface area (Å²) in [6.45, 7) is 0. The molecule has 1 N–H and O–H groups in total. The lowest BCUT2D eigenvalue weighted by atomic mass is 10.1. The first-order valence-corrected chi connectivity index (χ1v) is 6.80. The van der Waals surface area contributed by atoms with Gasteiger partial charge in [0, 0.05) is 16.8 Å². The highest BCUT2D eigenvalue weighted by molar-refractivity contribution is 6.30. The summed E-state index contributed by atoms with van der Waals surface area (Å²) >= 11 is 5.96. The average Bonchev–Trinajstić information content (AvgIpc) is 3.14. The highest BCUT2D eigenvalue weighted by Gasteiger charge is 2.17. The first-order chi connectivity index (χ1) is 10.3. The summed E-state index contributed by atoms with van der Waals surface area (Å²) in [6, 6.07) is 13.5. The van der Waals surface area contributed by atoms with Crippen molar-refractivity contribution >= 4 is 17.2 Å². The third-order valence-corrected chi connectivity index (χ3v) is 3.56. The van der Waals surface area contributed by atoms with Crippen molar-refractivity contribution in [1.82, 2.24) is 24.8 Å². The maximum Gasteiger partial charge on any atom is 0.137 e. The molecule has 4 aromatic rings. The summed E-state index contributed by atoms with van der Waals surface area (Å²) < 4.78 is 2.00. The van der Waals surface area contributed by atoms with Crippen LogP contribution in [0.2, 0.25) is 5.02 Å². The van der Waals surface area contributed by atoms with E-state index in [-0.39, 0.29) is 0 Å². The number of benzene rings is 1. The van der Waals surface area contributed by atoms with Crippen LogP contribution in [-0.2, 0) is 0 Å². The lowest BCUT2D eigenvalue weighted by Gasteiger charge is -2.02. The van der Waals surface area contributed by atoms with Crippen LogP contribution in [0.1, 0.15) is 0 Å². The highest BCUT2D eigenvalue weighted by atomic mass is 35.5. The van der Waals surface area contributed by atoms with Gasteiger partial charge in [-0.05, 0) is 24.3 Å². The third-order valence-electron chi connectivity index (χ3n) is 3.31. The largest absolute Gasteiger partial charge is 0.298 e. The van der Waals surface area contributed by atoms with Gasteiger partial charge in [0.1, 0.15) is 17.0 Å². The fourth-order valence-electron chi connectivity index (χ4n) is 2.37. The van der Waals surface area contributed by atoms with Gasteiger partial charge in [-0.2, -0.15) is 15.4 Å². The number of aromatic nitrogens is 5. The van der Waals surface area contributed by atoms with E-state index in [0.29, 0.717) is 5.02 Å². The number of H-pyrrole nitrogens is 1. The zero-order valence-corrected chi connectivity index (χ0v) is 11.6. The summed E-state index contributed by atoms with van der Waals surface area (Å²) in [5, 5.41) is 11.4. The second kappa shape index (κ2) is 4.71. The van der Waals surface area contributed by atoms with Gasteiger partial charge in [0.05, 0.1) is 11.9 Å². The number of aromatic amines is 1. The Bertz CT molecular complexity index is 894. The van der Waals surface area contributed by atoms with Gasteiger partial charge in [-0.3, -0.25) is 4.40 Å². The van der Waals surface area contributed by atoms with Crippen molar-refractivity contribution in [3.63, 3.8) is 0 Å². The first kappa shape index (κ1) is 12.1. The number of rotatable bonds is 2. The zero-order valence-electron chi connectivity index (χ0n) is 10.9. The van der Waals surface area contributed by atoms with Crippen LogP contribution in [0.15, 0.2) is 54.9 Å². The Labute approximate surface area is 125 Å². The minimum atomic E-state index is 0.700. The number of nitrogens with zero attached hydrogens (tertiary/aromatic N) is 4.